The van der Waals surface area contributed by atoms with Gasteiger partial charge in [-0.05, 0) is 30.9 Å². The number of carbonyl (C=O) groups is 1. The minimum absolute atomic E-state index is 0.395. The molecule has 1 aliphatic rings. The highest BCUT2D eigenvalue weighted by Gasteiger charge is 2.33. The van der Waals surface area contributed by atoms with Crippen molar-refractivity contribution < 1.29 is 9.90 Å². The third-order valence-corrected chi connectivity index (χ3v) is 4.73. The first-order valence-corrected chi connectivity index (χ1v) is 8.29. The van der Waals surface area contributed by atoms with Gasteiger partial charge in [0.15, 0.2) is 0 Å². The summed E-state index contributed by atoms with van der Waals surface area (Å²) >= 11 is 1.69. The molecule has 0 fully saturated rings. The summed E-state index contributed by atoms with van der Waals surface area (Å²) in [5.41, 5.74) is 1.11. The number of carboxylic acids is 1. The molecule has 1 atom stereocenters. The number of fused-ring (bicyclic) bond motifs is 1. The Kier molecular flexibility index (Phi) is 4.17. The van der Waals surface area contributed by atoms with Crippen LogP contribution in [0.3, 0.4) is 0 Å². The predicted molar refractivity (Wildman–Crippen MR) is 83.7 cm³/mol. The Bertz CT molecular complexity index is 683. The van der Waals surface area contributed by atoms with E-state index in [4.69, 9.17) is 0 Å². The van der Waals surface area contributed by atoms with E-state index in [1.54, 1.807) is 11.8 Å². The average Bonchev–Trinajstić information content (AvgIpc) is 2.88. The van der Waals surface area contributed by atoms with Gasteiger partial charge in [0.05, 0.1) is 13.1 Å². The molecule has 22 heavy (non-hydrogen) atoms. The Morgan fingerprint density at radius 3 is 2.73 bits per heavy atom. The van der Waals surface area contributed by atoms with E-state index in [9.17, 15) is 9.90 Å². The minimum atomic E-state index is -0.806. The van der Waals surface area contributed by atoms with Crippen LogP contribution in [0.15, 0.2) is 29.2 Å². The van der Waals surface area contributed by atoms with Crippen molar-refractivity contribution in [3.8, 4) is 0 Å². The maximum atomic E-state index is 11.6. The zero-order valence-electron chi connectivity index (χ0n) is 12.6. The molecule has 0 amide bonds. The smallest absolute Gasteiger partial charge is 0.322 e. The van der Waals surface area contributed by atoms with Crippen molar-refractivity contribution in [2.75, 3.05) is 6.26 Å². The van der Waals surface area contributed by atoms with Crippen LogP contribution in [0.1, 0.15) is 17.2 Å². The van der Waals surface area contributed by atoms with E-state index >= 15 is 0 Å². The van der Waals surface area contributed by atoms with Gasteiger partial charge in [-0.25, -0.2) is 0 Å². The fraction of sp³-hybridized carbons (Fsp3) is 0.400. The van der Waals surface area contributed by atoms with E-state index in [1.165, 1.54) is 4.90 Å². The third kappa shape index (κ3) is 2.86. The van der Waals surface area contributed by atoms with Crippen LogP contribution in [0.4, 0.5) is 0 Å². The summed E-state index contributed by atoms with van der Waals surface area (Å²) in [7, 11) is 0. The molecule has 0 radical (unpaired) electrons. The van der Waals surface area contributed by atoms with Gasteiger partial charge in [-0.3, -0.25) is 9.69 Å². The van der Waals surface area contributed by atoms with E-state index in [-0.39, 0.29) is 0 Å². The van der Waals surface area contributed by atoms with Crippen molar-refractivity contribution in [2.24, 2.45) is 0 Å². The highest BCUT2D eigenvalue weighted by Crippen LogP contribution is 2.22. The number of nitrogens with zero attached hydrogens (tertiary/aromatic N) is 4. The fourth-order valence-corrected chi connectivity index (χ4v) is 3.13. The Morgan fingerprint density at radius 2 is 2.09 bits per heavy atom. The Labute approximate surface area is 133 Å². The molecule has 1 N–H and O–H groups in total. The first kappa shape index (κ1) is 15.1. The minimum Gasteiger partial charge on any atom is -0.480 e. The molecular formula is C15H18N4O2S. The molecule has 3 rings (SSSR count). The standard InChI is InChI=1S/C15H18N4O2S/c1-10-16-17-14-9-18(13(15(20)21)8-19(10)14)7-11-3-5-12(22-2)6-4-11/h3-6,13H,7-9H2,1-2H3,(H,20,21). The molecule has 0 saturated heterocycles. The summed E-state index contributed by atoms with van der Waals surface area (Å²) in [6.07, 6.45) is 2.04. The quantitative estimate of drug-likeness (QED) is 0.867. The first-order valence-electron chi connectivity index (χ1n) is 7.07. The number of rotatable bonds is 4. The lowest BCUT2D eigenvalue weighted by molar-refractivity contribution is -0.145. The van der Waals surface area contributed by atoms with Crippen LogP contribution in [0.2, 0.25) is 0 Å². The van der Waals surface area contributed by atoms with Gasteiger partial charge in [0.1, 0.15) is 17.7 Å². The number of hydrogen-bond donors (Lipinski definition) is 1. The number of aliphatic carboxylic acids is 1. The Balaban J connectivity index is 1.82. The SMILES string of the molecule is CSc1ccc(CN2Cc3nnc(C)n3CC2C(=O)O)cc1. The van der Waals surface area contributed by atoms with Crippen LogP contribution in [0.25, 0.3) is 0 Å². The molecule has 1 unspecified atom stereocenters. The Morgan fingerprint density at radius 1 is 1.36 bits per heavy atom. The normalized spacial score (nSPS) is 18.2. The summed E-state index contributed by atoms with van der Waals surface area (Å²) in [5.74, 6) is 0.792. The van der Waals surface area contributed by atoms with Crippen molar-refractivity contribution >= 4 is 17.7 Å². The Hall–Kier alpha value is -1.86. The predicted octanol–water partition coefficient (Wildman–Crippen LogP) is 1.78. The lowest BCUT2D eigenvalue weighted by Crippen LogP contribution is -2.47. The van der Waals surface area contributed by atoms with Gasteiger partial charge in [0.2, 0.25) is 0 Å². The maximum absolute atomic E-state index is 11.6. The summed E-state index contributed by atoms with van der Waals surface area (Å²) in [5, 5.41) is 17.7. The van der Waals surface area contributed by atoms with Gasteiger partial charge in [0, 0.05) is 11.4 Å². The maximum Gasteiger partial charge on any atom is 0.322 e. The van der Waals surface area contributed by atoms with Crippen molar-refractivity contribution in [1.29, 1.82) is 0 Å². The van der Waals surface area contributed by atoms with Gasteiger partial charge < -0.3 is 9.67 Å². The molecule has 1 aromatic heterocycles. The third-order valence-electron chi connectivity index (χ3n) is 3.98. The molecule has 0 aliphatic carbocycles. The monoisotopic (exact) mass is 318 g/mol. The average molecular weight is 318 g/mol. The molecular weight excluding hydrogens is 300 g/mol. The van der Waals surface area contributed by atoms with E-state index in [1.807, 2.05) is 22.6 Å². The zero-order chi connectivity index (χ0) is 15.7. The molecule has 116 valence electrons. The zero-order valence-corrected chi connectivity index (χ0v) is 13.4. The number of hydrogen-bond acceptors (Lipinski definition) is 5. The van der Waals surface area contributed by atoms with Gasteiger partial charge in [-0.1, -0.05) is 12.1 Å². The van der Waals surface area contributed by atoms with Crippen LogP contribution in [-0.4, -0.2) is 43.0 Å². The molecule has 2 heterocycles. The van der Waals surface area contributed by atoms with Crippen molar-refractivity contribution in [3.05, 3.63) is 41.5 Å². The molecule has 1 aromatic carbocycles. The van der Waals surface area contributed by atoms with E-state index in [0.717, 1.165) is 17.2 Å². The van der Waals surface area contributed by atoms with Gasteiger partial charge in [0.25, 0.3) is 0 Å². The number of aryl methyl sites for hydroxylation is 1. The van der Waals surface area contributed by atoms with Gasteiger partial charge in [-0.15, -0.1) is 22.0 Å². The topological polar surface area (TPSA) is 71.2 Å². The lowest BCUT2D eigenvalue weighted by atomic mass is 10.1. The van der Waals surface area contributed by atoms with Crippen LogP contribution in [0.5, 0.6) is 0 Å². The molecule has 0 saturated carbocycles. The summed E-state index contributed by atoms with van der Waals surface area (Å²) < 4.78 is 1.89. The summed E-state index contributed by atoms with van der Waals surface area (Å²) in [4.78, 5) is 14.7. The first-order chi connectivity index (χ1) is 10.6. The number of thioether (sulfide) groups is 1. The van der Waals surface area contributed by atoms with E-state index in [0.29, 0.717) is 19.6 Å². The van der Waals surface area contributed by atoms with Crippen molar-refractivity contribution in [2.45, 2.75) is 37.5 Å². The van der Waals surface area contributed by atoms with E-state index < -0.39 is 12.0 Å². The largest absolute Gasteiger partial charge is 0.480 e. The number of carboxylic acid groups (broad SMARTS) is 1. The second-order valence-electron chi connectivity index (χ2n) is 5.38. The van der Waals surface area contributed by atoms with Crippen LogP contribution in [0, 0.1) is 6.92 Å². The number of benzene rings is 1. The highest BCUT2D eigenvalue weighted by atomic mass is 32.2. The summed E-state index contributed by atoms with van der Waals surface area (Å²) in [6.45, 7) is 3.35. The molecule has 6 nitrogen and oxygen atoms in total. The van der Waals surface area contributed by atoms with Gasteiger partial charge >= 0.3 is 5.97 Å². The highest BCUT2D eigenvalue weighted by molar-refractivity contribution is 7.98. The molecule has 7 heteroatoms. The molecule has 2 aromatic rings. The summed E-state index contributed by atoms with van der Waals surface area (Å²) in [6, 6.07) is 7.67. The van der Waals surface area contributed by atoms with Crippen LogP contribution in [-0.2, 0) is 24.4 Å². The second kappa shape index (κ2) is 6.10. The number of aromatic nitrogens is 3. The van der Waals surface area contributed by atoms with Crippen LogP contribution >= 0.6 is 11.8 Å². The van der Waals surface area contributed by atoms with Crippen molar-refractivity contribution in [3.63, 3.8) is 0 Å². The molecule has 1 aliphatic heterocycles. The molecule has 0 spiro atoms. The molecule has 0 bridgehead atoms. The fourth-order valence-electron chi connectivity index (χ4n) is 2.73. The van der Waals surface area contributed by atoms with E-state index in [2.05, 4.69) is 34.5 Å². The van der Waals surface area contributed by atoms with Gasteiger partial charge in [-0.2, -0.15) is 0 Å². The van der Waals surface area contributed by atoms with Crippen molar-refractivity contribution in [1.82, 2.24) is 19.7 Å². The van der Waals surface area contributed by atoms with Crippen LogP contribution < -0.4 is 0 Å². The second-order valence-corrected chi connectivity index (χ2v) is 6.26. The lowest BCUT2D eigenvalue weighted by Gasteiger charge is -2.33.